The van der Waals surface area contributed by atoms with Gasteiger partial charge in [0.15, 0.2) is 0 Å². The molecule has 0 amide bonds. The van der Waals surface area contributed by atoms with Crippen molar-refractivity contribution in [2.45, 2.75) is 57.5 Å². The van der Waals surface area contributed by atoms with Crippen molar-refractivity contribution < 1.29 is 25.1 Å². The van der Waals surface area contributed by atoms with Crippen molar-refractivity contribution in [2.75, 3.05) is 19.6 Å². The van der Waals surface area contributed by atoms with E-state index in [1.54, 1.807) is 0 Å². The average Bonchev–Trinajstić information content (AvgIpc) is 2.44. The summed E-state index contributed by atoms with van der Waals surface area (Å²) in [5.74, 6) is -0.943. The lowest BCUT2D eigenvalue weighted by molar-refractivity contribution is -0.138. The number of carbonyl (C=O) groups is 1. The lowest BCUT2D eigenvalue weighted by Gasteiger charge is -2.29. The van der Waals surface area contributed by atoms with Crippen LogP contribution in [-0.4, -0.2) is 70.0 Å². The fourth-order valence-corrected chi connectivity index (χ4v) is 1.97. The molecular weight excluding hydrogens is 275 g/mol. The number of aliphatic hydroxyl groups is 1. The molecule has 0 aliphatic carbocycles. The molecule has 0 radical (unpaired) electrons. The van der Waals surface area contributed by atoms with Crippen molar-refractivity contribution in [2.24, 2.45) is 5.73 Å². The minimum atomic E-state index is -1.10. The Hall–Kier alpha value is -0.665. The minimum absolute atomic E-state index is 0.181. The number of aliphatic hydroxyl groups excluding tert-OH is 1. The lowest BCUT2D eigenvalue weighted by atomic mass is 9.84. The van der Waals surface area contributed by atoms with E-state index in [1.807, 2.05) is 6.92 Å². The van der Waals surface area contributed by atoms with Crippen molar-refractivity contribution in [3.8, 4) is 0 Å². The van der Waals surface area contributed by atoms with Gasteiger partial charge in [-0.15, -0.1) is 0 Å². The number of carboxylic acid groups (broad SMARTS) is 1. The molecule has 124 valence electrons. The van der Waals surface area contributed by atoms with E-state index in [4.69, 9.17) is 20.9 Å². The molecule has 0 bridgehead atoms. The van der Waals surface area contributed by atoms with E-state index in [2.05, 4.69) is 4.90 Å². The molecule has 1 aliphatic rings. The summed E-state index contributed by atoms with van der Waals surface area (Å²) in [5, 5.41) is 34.3. The van der Waals surface area contributed by atoms with Gasteiger partial charge in [0.05, 0.1) is 6.10 Å². The average molecular weight is 304 g/mol. The third kappa shape index (κ3) is 11.6. The van der Waals surface area contributed by atoms with Crippen LogP contribution in [0.25, 0.3) is 0 Å². The van der Waals surface area contributed by atoms with E-state index in [1.165, 1.54) is 0 Å². The van der Waals surface area contributed by atoms with E-state index in [-0.39, 0.29) is 6.10 Å². The lowest BCUT2D eigenvalue weighted by Crippen LogP contribution is -2.40. The predicted octanol–water partition coefficient (Wildman–Crippen LogP) is -0.496. The number of hydrogen-bond acceptors (Lipinski definition) is 6. The predicted molar refractivity (Wildman–Crippen MR) is 81.8 cm³/mol. The van der Waals surface area contributed by atoms with Crippen LogP contribution in [-0.2, 0) is 4.79 Å². The summed E-state index contributed by atoms with van der Waals surface area (Å²) in [6, 6.07) is -0.762. The highest BCUT2D eigenvalue weighted by Gasteiger charge is 2.18. The van der Waals surface area contributed by atoms with Crippen molar-refractivity contribution in [3.63, 3.8) is 0 Å². The number of nitrogens with zero attached hydrogens (tertiary/aromatic N) is 1. The first kappa shape index (κ1) is 20.3. The molecule has 0 saturated carbocycles. The highest BCUT2D eigenvalue weighted by molar-refractivity contribution is 6.40. The van der Waals surface area contributed by atoms with Gasteiger partial charge < -0.3 is 30.9 Å². The van der Waals surface area contributed by atoms with Crippen LogP contribution < -0.4 is 5.73 Å². The maximum absolute atomic E-state index is 10.4. The summed E-state index contributed by atoms with van der Waals surface area (Å²) in [6.45, 7) is 4.41. The third-order valence-corrected chi connectivity index (χ3v) is 3.45. The Morgan fingerprint density at radius 2 is 1.95 bits per heavy atom. The minimum Gasteiger partial charge on any atom is -0.480 e. The quantitative estimate of drug-likeness (QED) is 0.401. The van der Waals surface area contributed by atoms with Gasteiger partial charge in [-0.3, -0.25) is 4.79 Å². The van der Waals surface area contributed by atoms with E-state index in [0.29, 0.717) is 19.3 Å². The zero-order chi connectivity index (χ0) is 16.3. The Balaban J connectivity index is 0.000000486. The summed E-state index contributed by atoms with van der Waals surface area (Å²) in [7, 11) is -1.10. The fourth-order valence-electron chi connectivity index (χ4n) is 1.97. The Morgan fingerprint density at radius 3 is 2.33 bits per heavy atom. The summed E-state index contributed by atoms with van der Waals surface area (Å²) >= 11 is 0. The molecule has 1 rings (SSSR count). The SMILES string of the molecule is CCCCB(O)O.N[C@H](CCN1CCC(O)CC1)C(=O)O. The Kier molecular flexibility index (Phi) is 11.6. The maximum Gasteiger partial charge on any atom is 0.451 e. The molecule has 7 nitrogen and oxygen atoms in total. The summed E-state index contributed by atoms with van der Waals surface area (Å²) < 4.78 is 0. The van der Waals surface area contributed by atoms with Gasteiger partial charge in [0.25, 0.3) is 0 Å². The molecule has 1 saturated heterocycles. The highest BCUT2D eigenvalue weighted by Crippen LogP contribution is 2.10. The second-order valence-electron chi connectivity index (χ2n) is 5.43. The maximum atomic E-state index is 10.4. The normalized spacial score (nSPS) is 17.8. The molecular formula is C13H29BN2O5. The van der Waals surface area contributed by atoms with Crippen LogP contribution in [0, 0.1) is 0 Å². The van der Waals surface area contributed by atoms with Crippen LogP contribution in [0.2, 0.25) is 6.32 Å². The van der Waals surface area contributed by atoms with Gasteiger partial charge in [-0.1, -0.05) is 19.8 Å². The molecule has 0 unspecified atom stereocenters. The van der Waals surface area contributed by atoms with Crippen molar-refractivity contribution in [3.05, 3.63) is 0 Å². The van der Waals surface area contributed by atoms with Gasteiger partial charge in [0.1, 0.15) is 6.04 Å². The summed E-state index contributed by atoms with van der Waals surface area (Å²) in [4.78, 5) is 12.6. The Morgan fingerprint density at radius 1 is 1.38 bits per heavy atom. The number of rotatable bonds is 7. The zero-order valence-electron chi connectivity index (χ0n) is 12.8. The second kappa shape index (κ2) is 11.9. The molecule has 0 spiro atoms. The van der Waals surface area contributed by atoms with E-state index >= 15 is 0 Å². The molecule has 21 heavy (non-hydrogen) atoms. The monoisotopic (exact) mass is 304 g/mol. The van der Waals surface area contributed by atoms with Gasteiger partial charge in [-0.25, -0.2) is 0 Å². The summed E-state index contributed by atoms with van der Waals surface area (Å²) in [5.41, 5.74) is 5.39. The van der Waals surface area contributed by atoms with Crippen LogP contribution in [0.1, 0.15) is 39.0 Å². The van der Waals surface area contributed by atoms with Crippen molar-refractivity contribution >= 4 is 13.1 Å². The summed E-state index contributed by atoms with van der Waals surface area (Å²) in [6.07, 6.45) is 4.29. The third-order valence-electron chi connectivity index (χ3n) is 3.45. The number of piperidine rings is 1. The standard InChI is InChI=1S/C9H18N2O3.C4H11BO2/c10-8(9(13)14)3-6-11-4-1-7(12)2-5-11;1-2-3-4-5(6)7/h7-8,12H,1-6,10H2,(H,13,14);6-7H,2-4H2,1H3/t8-;/m1./s1. The Bertz CT molecular complexity index is 273. The number of hydrogen-bond donors (Lipinski definition) is 5. The van der Waals surface area contributed by atoms with Gasteiger partial charge in [-0.05, 0) is 25.6 Å². The van der Waals surface area contributed by atoms with E-state index < -0.39 is 19.1 Å². The van der Waals surface area contributed by atoms with E-state index in [9.17, 15) is 9.90 Å². The van der Waals surface area contributed by atoms with Crippen LogP contribution in [0.5, 0.6) is 0 Å². The second-order valence-corrected chi connectivity index (χ2v) is 5.43. The van der Waals surface area contributed by atoms with Crippen molar-refractivity contribution in [1.82, 2.24) is 4.90 Å². The molecule has 0 aromatic rings. The number of likely N-dealkylation sites (tertiary alicyclic amines) is 1. The smallest absolute Gasteiger partial charge is 0.451 e. The van der Waals surface area contributed by atoms with Crippen molar-refractivity contribution in [1.29, 1.82) is 0 Å². The Labute approximate surface area is 126 Å². The molecule has 1 heterocycles. The van der Waals surface area contributed by atoms with Crippen LogP contribution in [0.15, 0.2) is 0 Å². The number of carboxylic acids is 1. The zero-order valence-corrected chi connectivity index (χ0v) is 12.8. The van der Waals surface area contributed by atoms with Gasteiger partial charge in [0.2, 0.25) is 0 Å². The van der Waals surface area contributed by atoms with Crippen LogP contribution in [0.3, 0.4) is 0 Å². The highest BCUT2D eigenvalue weighted by atomic mass is 16.4. The first-order valence-electron chi connectivity index (χ1n) is 7.61. The van der Waals surface area contributed by atoms with Crippen LogP contribution in [0.4, 0.5) is 0 Å². The fraction of sp³-hybridized carbons (Fsp3) is 0.923. The van der Waals surface area contributed by atoms with Gasteiger partial charge in [-0.2, -0.15) is 0 Å². The first-order chi connectivity index (χ1) is 9.86. The number of aliphatic carboxylic acids is 1. The molecule has 8 heteroatoms. The number of nitrogens with two attached hydrogens (primary N) is 1. The molecule has 1 atom stereocenters. The largest absolute Gasteiger partial charge is 0.480 e. The molecule has 1 fully saturated rings. The molecule has 0 aromatic heterocycles. The first-order valence-corrected chi connectivity index (χ1v) is 7.61. The van der Waals surface area contributed by atoms with E-state index in [0.717, 1.165) is 38.8 Å². The topological polar surface area (TPSA) is 127 Å². The number of unbranched alkanes of at least 4 members (excludes halogenated alkanes) is 1. The van der Waals surface area contributed by atoms with Gasteiger partial charge in [0, 0.05) is 19.6 Å². The molecule has 6 N–H and O–H groups in total. The van der Waals surface area contributed by atoms with Gasteiger partial charge >= 0.3 is 13.1 Å². The molecule has 1 aliphatic heterocycles. The van der Waals surface area contributed by atoms with Crippen LogP contribution >= 0.6 is 0 Å². The molecule has 0 aromatic carbocycles.